The molecule has 0 fully saturated rings. The Morgan fingerprint density at radius 2 is 1.81 bits per heavy atom. The third kappa shape index (κ3) is 6.24. The number of carbonyl (C=O) groups excluding carboxylic acids is 1. The summed E-state index contributed by atoms with van der Waals surface area (Å²) in [6.07, 6.45) is 2.68. The highest BCUT2D eigenvalue weighted by molar-refractivity contribution is 5.84. The number of nitrogens with one attached hydrogen (secondary N) is 1. The number of amides is 1. The summed E-state index contributed by atoms with van der Waals surface area (Å²) in [5, 5.41) is 3.87. The Morgan fingerprint density at radius 3 is 2.50 bits per heavy atom. The second kappa shape index (κ2) is 10.2. The van der Waals surface area contributed by atoms with Crippen molar-refractivity contribution in [2.45, 2.75) is 33.1 Å². The molecular formula is C21H26N2O3. The summed E-state index contributed by atoms with van der Waals surface area (Å²) in [7, 11) is 0. The predicted octanol–water partition coefficient (Wildman–Crippen LogP) is 4.13. The summed E-state index contributed by atoms with van der Waals surface area (Å²) in [5.74, 6) is 1.87. The minimum Gasteiger partial charge on any atom is -0.490 e. The van der Waals surface area contributed by atoms with Crippen LogP contribution in [0.1, 0.15) is 44.2 Å². The first-order chi connectivity index (χ1) is 12.6. The van der Waals surface area contributed by atoms with E-state index in [4.69, 9.17) is 9.47 Å². The molecule has 0 saturated heterocycles. The summed E-state index contributed by atoms with van der Waals surface area (Å²) in [5.41, 5.74) is 4.49. The van der Waals surface area contributed by atoms with Gasteiger partial charge in [-0.3, -0.25) is 4.79 Å². The van der Waals surface area contributed by atoms with Gasteiger partial charge >= 0.3 is 0 Å². The van der Waals surface area contributed by atoms with Gasteiger partial charge in [-0.25, -0.2) is 5.43 Å². The molecule has 0 aromatic heterocycles. The quantitative estimate of drug-likeness (QED) is 0.418. The van der Waals surface area contributed by atoms with E-state index < -0.39 is 0 Å². The first-order valence-corrected chi connectivity index (χ1v) is 8.84. The Kier molecular flexibility index (Phi) is 7.68. The molecule has 138 valence electrons. The van der Waals surface area contributed by atoms with Crippen LogP contribution >= 0.6 is 0 Å². The molecule has 5 nitrogen and oxygen atoms in total. The monoisotopic (exact) mass is 354 g/mol. The fraction of sp³-hybridized carbons (Fsp3) is 0.333. The van der Waals surface area contributed by atoms with Gasteiger partial charge in [-0.1, -0.05) is 38.1 Å². The number of rotatable bonds is 9. The number of hydrogen-bond donors (Lipinski definition) is 1. The molecule has 0 spiro atoms. The molecule has 0 aliphatic rings. The van der Waals surface area contributed by atoms with Crippen molar-refractivity contribution in [1.82, 2.24) is 5.43 Å². The van der Waals surface area contributed by atoms with Crippen LogP contribution in [0.3, 0.4) is 0 Å². The molecular weight excluding hydrogens is 328 g/mol. The van der Waals surface area contributed by atoms with Crippen molar-refractivity contribution in [3.63, 3.8) is 0 Å². The molecule has 0 unspecified atom stereocenters. The molecule has 2 aromatic rings. The molecule has 0 heterocycles. The lowest BCUT2D eigenvalue weighted by Gasteiger charge is -2.12. The Bertz CT molecular complexity index is 726. The van der Waals surface area contributed by atoms with Gasteiger partial charge in [0.25, 0.3) is 0 Å². The van der Waals surface area contributed by atoms with Crippen molar-refractivity contribution in [1.29, 1.82) is 0 Å². The van der Waals surface area contributed by atoms with E-state index in [0.717, 1.165) is 17.7 Å². The van der Waals surface area contributed by atoms with E-state index in [-0.39, 0.29) is 5.91 Å². The van der Waals surface area contributed by atoms with Crippen LogP contribution in [0.5, 0.6) is 11.5 Å². The number of benzene rings is 2. The predicted molar refractivity (Wildman–Crippen MR) is 104 cm³/mol. The molecule has 2 rings (SSSR count). The Labute approximate surface area is 155 Å². The molecule has 0 aliphatic heterocycles. The maximum absolute atomic E-state index is 10.9. The summed E-state index contributed by atoms with van der Waals surface area (Å²) in [4.78, 5) is 10.9. The van der Waals surface area contributed by atoms with Crippen molar-refractivity contribution in [3.05, 3.63) is 59.7 Å². The molecule has 0 bridgehead atoms. The number of para-hydroxylation sites is 1. The highest BCUT2D eigenvalue weighted by Crippen LogP contribution is 2.21. The van der Waals surface area contributed by atoms with Crippen molar-refractivity contribution < 1.29 is 14.3 Å². The maximum Gasteiger partial charge on any atom is 0.236 e. The van der Waals surface area contributed by atoms with E-state index in [0.29, 0.717) is 24.9 Å². The third-order valence-electron chi connectivity index (χ3n) is 4.02. The van der Waals surface area contributed by atoms with Crippen LogP contribution in [-0.4, -0.2) is 25.3 Å². The molecule has 5 heteroatoms. The summed E-state index contributed by atoms with van der Waals surface area (Å²) in [6, 6.07) is 15.7. The van der Waals surface area contributed by atoms with E-state index >= 15 is 0 Å². The number of carbonyl (C=O) groups is 1. The van der Waals surface area contributed by atoms with Crippen LogP contribution < -0.4 is 14.9 Å². The van der Waals surface area contributed by atoms with Crippen LogP contribution in [0, 0.1) is 0 Å². The highest BCUT2D eigenvalue weighted by atomic mass is 16.5. The zero-order chi connectivity index (χ0) is 18.8. The molecule has 1 amide bonds. The van der Waals surface area contributed by atoms with Gasteiger partial charge in [-0.05, 0) is 42.2 Å². The Morgan fingerprint density at radius 1 is 1.12 bits per heavy atom. The number of ether oxygens (including phenoxy) is 2. The van der Waals surface area contributed by atoms with Crippen molar-refractivity contribution in [2.24, 2.45) is 5.10 Å². The van der Waals surface area contributed by atoms with Crippen LogP contribution in [-0.2, 0) is 4.79 Å². The number of nitrogens with zero attached hydrogens (tertiary/aromatic N) is 1. The van der Waals surface area contributed by atoms with Gasteiger partial charge in [-0.2, -0.15) is 5.10 Å². The van der Waals surface area contributed by atoms with Crippen molar-refractivity contribution in [2.75, 3.05) is 13.2 Å². The third-order valence-corrected chi connectivity index (χ3v) is 4.02. The van der Waals surface area contributed by atoms with Crippen molar-refractivity contribution in [3.8, 4) is 11.5 Å². The van der Waals surface area contributed by atoms with Gasteiger partial charge in [-0.15, -0.1) is 0 Å². The van der Waals surface area contributed by atoms with Gasteiger partial charge in [0.05, 0.1) is 6.21 Å². The lowest BCUT2D eigenvalue weighted by atomic mass is 9.99. The van der Waals surface area contributed by atoms with Gasteiger partial charge in [0.2, 0.25) is 5.91 Å². The van der Waals surface area contributed by atoms with Crippen LogP contribution in [0.4, 0.5) is 0 Å². The van der Waals surface area contributed by atoms with Gasteiger partial charge in [0, 0.05) is 12.5 Å². The van der Waals surface area contributed by atoms with E-state index in [1.165, 1.54) is 12.5 Å². The van der Waals surface area contributed by atoms with E-state index in [2.05, 4.69) is 36.5 Å². The first-order valence-electron chi connectivity index (χ1n) is 8.84. The molecule has 1 atom stereocenters. The molecule has 0 radical (unpaired) electrons. The molecule has 2 aromatic carbocycles. The number of hydrogen-bond acceptors (Lipinski definition) is 4. The van der Waals surface area contributed by atoms with Crippen LogP contribution in [0.2, 0.25) is 0 Å². The Balaban J connectivity index is 1.83. The first kappa shape index (κ1) is 19.5. The van der Waals surface area contributed by atoms with Crippen LogP contribution in [0.15, 0.2) is 53.6 Å². The zero-order valence-corrected chi connectivity index (χ0v) is 15.6. The fourth-order valence-electron chi connectivity index (χ4n) is 2.35. The highest BCUT2D eigenvalue weighted by Gasteiger charge is 2.04. The van der Waals surface area contributed by atoms with Gasteiger partial charge in [0.1, 0.15) is 24.7 Å². The average molecular weight is 354 g/mol. The molecule has 1 N–H and O–H groups in total. The molecule has 26 heavy (non-hydrogen) atoms. The minimum atomic E-state index is -0.215. The summed E-state index contributed by atoms with van der Waals surface area (Å²) < 4.78 is 11.5. The molecule has 0 saturated carbocycles. The van der Waals surface area contributed by atoms with Gasteiger partial charge < -0.3 is 9.47 Å². The zero-order valence-electron chi connectivity index (χ0n) is 15.6. The second-order valence-electron chi connectivity index (χ2n) is 6.04. The fourth-order valence-corrected chi connectivity index (χ4v) is 2.35. The smallest absolute Gasteiger partial charge is 0.236 e. The van der Waals surface area contributed by atoms with Crippen LogP contribution in [0.25, 0.3) is 0 Å². The van der Waals surface area contributed by atoms with Gasteiger partial charge in [0.15, 0.2) is 0 Å². The maximum atomic E-state index is 10.9. The number of hydrazone groups is 1. The molecule has 0 aliphatic carbocycles. The summed E-state index contributed by atoms with van der Waals surface area (Å²) >= 11 is 0. The van der Waals surface area contributed by atoms with Crippen molar-refractivity contribution >= 4 is 12.1 Å². The Hall–Kier alpha value is -2.82. The lowest BCUT2D eigenvalue weighted by molar-refractivity contribution is -0.118. The normalized spacial score (nSPS) is 12.0. The van der Waals surface area contributed by atoms with E-state index in [9.17, 15) is 4.79 Å². The van der Waals surface area contributed by atoms with E-state index in [1.807, 2.05) is 36.4 Å². The lowest BCUT2D eigenvalue weighted by Crippen LogP contribution is -2.13. The van der Waals surface area contributed by atoms with E-state index in [1.54, 1.807) is 6.21 Å². The standard InChI is InChI=1S/C21H26N2O3/c1-4-16(2)18-9-11-20(12-10-18)25-13-14-26-21-8-6-5-7-19(21)15-22-23-17(3)24/h5-12,15-16H,4,13-14H2,1-3H3,(H,23,24)/b22-15-/t16-/m0/s1. The SMILES string of the molecule is CC[C@H](C)c1ccc(OCCOc2ccccc2/C=N\NC(C)=O)cc1. The minimum absolute atomic E-state index is 0.215. The summed E-state index contributed by atoms with van der Waals surface area (Å²) in [6.45, 7) is 6.67. The topological polar surface area (TPSA) is 59.9 Å². The largest absolute Gasteiger partial charge is 0.490 e. The average Bonchev–Trinajstić information content (AvgIpc) is 2.66. The second-order valence-corrected chi connectivity index (χ2v) is 6.04.